The van der Waals surface area contributed by atoms with E-state index in [-0.39, 0.29) is 6.03 Å². The van der Waals surface area contributed by atoms with Gasteiger partial charge in [0.2, 0.25) is 0 Å². The van der Waals surface area contributed by atoms with Gasteiger partial charge in [-0.3, -0.25) is 0 Å². The molecule has 2 heterocycles. The molecule has 7 nitrogen and oxygen atoms in total. The summed E-state index contributed by atoms with van der Waals surface area (Å²) in [6.45, 7) is 4.34. The molecule has 1 N–H and O–H groups in total. The van der Waals surface area contributed by atoms with E-state index >= 15 is 0 Å². The minimum absolute atomic E-state index is 0.116. The van der Waals surface area contributed by atoms with Crippen LogP contribution in [0.5, 0.6) is 5.75 Å². The van der Waals surface area contributed by atoms with Gasteiger partial charge >= 0.3 is 6.03 Å². The van der Waals surface area contributed by atoms with Gasteiger partial charge in [-0.1, -0.05) is 17.7 Å². The van der Waals surface area contributed by atoms with Crippen molar-refractivity contribution < 1.29 is 9.53 Å². The first-order valence-electron chi connectivity index (χ1n) is 9.84. The van der Waals surface area contributed by atoms with Crippen LogP contribution >= 0.6 is 0 Å². The van der Waals surface area contributed by atoms with Crippen molar-refractivity contribution in [3.8, 4) is 11.8 Å². The third kappa shape index (κ3) is 3.98. The maximum atomic E-state index is 12.6. The average Bonchev–Trinajstić information content (AvgIpc) is 2.79. The van der Waals surface area contributed by atoms with Gasteiger partial charge in [-0.25, -0.2) is 9.78 Å². The number of hydrogen-bond donors (Lipinski definition) is 1. The molecule has 1 fully saturated rings. The number of hydrogen-bond acceptors (Lipinski definition) is 5. The van der Waals surface area contributed by atoms with Crippen molar-refractivity contribution in [3.05, 3.63) is 59.7 Å². The Hall–Kier alpha value is -3.79. The van der Waals surface area contributed by atoms with E-state index in [1.54, 1.807) is 12.0 Å². The number of aromatic nitrogens is 1. The topological polar surface area (TPSA) is 81.5 Å². The van der Waals surface area contributed by atoms with E-state index in [2.05, 4.69) is 16.3 Å². The number of nitrogens with one attached hydrogen (secondary N) is 1. The van der Waals surface area contributed by atoms with Crippen molar-refractivity contribution in [1.29, 1.82) is 5.26 Å². The lowest BCUT2D eigenvalue weighted by Gasteiger charge is -2.35. The van der Waals surface area contributed by atoms with Gasteiger partial charge in [-0.05, 0) is 37.3 Å². The summed E-state index contributed by atoms with van der Waals surface area (Å²) in [7, 11) is 1.62. The van der Waals surface area contributed by atoms with Crippen molar-refractivity contribution in [2.75, 3.05) is 43.5 Å². The van der Waals surface area contributed by atoms with Gasteiger partial charge in [-0.2, -0.15) is 5.26 Å². The first-order valence-corrected chi connectivity index (χ1v) is 9.84. The zero-order chi connectivity index (χ0) is 21.1. The Labute approximate surface area is 175 Å². The summed E-state index contributed by atoms with van der Waals surface area (Å²) >= 11 is 0. The predicted octanol–water partition coefficient (Wildman–Crippen LogP) is 3.78. The molecule has 1 aromatic heterocycles. The zero-order valence-electron chi connectivity index (χ0n) is 17.1. The standard InChI is InChI=1S/C23H23N5O2/c1-16-3-6-19(7-4-16)25-23(29)28-11-9-27(10-12-28)22-18(15-24)13-17-5-8-20(30-2)14-21(17)26-22/h3-8,13-14H,9-12H2,1-2H3,(H,25,29). The molecule has 2 amide bonds. The number of fused-ring (bicyclic) bond motifs is 1. The van der Waals surface area contributed by atoms with Gasteiger partial charge in [0.25, 0.3) is 0 Å². The van der Waals surface area contributed by atoms with Crippen LogP contribution in [0.4, 0.5) is 16.3 Å². The quantitative estimate of drug-likeness (QED) is 0.722. The second-order valence-electron chi connectivity index (χ2n) is 7.30. The number of amides is 2. The van der Waals surface area contributed by atoms with Gasteiger partial charge in [-0.15, -0.1) is 0 Å². The molecule has 0 radical (unpaired) electrons. The van der Waals surface area contributed by atoms with Crippen LogP contribution in [-0.2, 0) is 0 Å². The Morgan fingerprint density at radius 2 is 1.83 bits per heavy atom. The second kappa shape index (κ2) is 8.29. The van der Waals surface area contributed by atoms with E-state index < -0.39 is 0 Å². The van der Waals surface area contributed by atoms with Crippen molar-refractivity contribution >= 4 is 28.4 Å². The third-order valence-corrected chi connectivity index (χ3v) is 5.29. The highest BCUT2D eigenvalue weighted by molar-refractivity contribution is 5.89. The van der Waals surface area contributed by atoms with Crippen LogP contribution in [0.3, 0.4) is 0 Å². The summed E-state index contributed by atoms with van der Waals surface area (Å²) in [5.74, 6) is 1.38. The summed E-state index contributed by atoms with van der Waals surface area (Å²) in [6, 6.07) is 17.4. The van der Waals surface area contributed by atoms with Crippen molar-refractivity contribution in [2.24, 2.45) is 0 Å². The van der Waals surface area contributed by atoms with Gasteiger partial charge < -0.3 is 19.9 Å². The minimum atomic E-state index is -0.116. The molecule has 152 valence electrons. The Kier molecular flexibility index (Phi) is 5.40. The highest BCUT2D eigenvalue weighted by Gasteiger charge is 2.24. The molecule has 0 atom stereocenters. The number of piperazine rings is 1. The molecule has 1 aliphatic rings. The fraction of sp³-hybridized carbons (Fsp3) is 0.261. The van der Waals surface area contributed by atoms with E-state index in [1.807, 2.05) is 55.5 Å². The Morgan fingerprint density at radius 1 is 1.10 bits per heavy atom. The zero-order valence-corrected chi connectivity index (χ0v) is 17.1. The molecule has 0 aliphatic carbocycles. The lowest BCUT2D eigenvalue weighted by molar-refractivity contribution is 0.208. The number of nitriles is 1. The molecule has 3 aromatic rings. The Balaban J connectivity index is 1.48. The molecular weight excluding hydrogens is 378 g/mol. The van der Waals surface area contributed by atoms with Gasteiger partial charge in [0.15, 0.2) is 0 Å². The van der Waals surface area contributed by atoms with Crippen LogP contribution in [0.25, 0.3) is 10.9 Å². The number of methoxy groups -OCH3 is 1. The van der Waals surface area contributed by atoms with Crippen LogP contribution in [0.1, 0.15) is 11.1 Å². The molecule has 0 saturated carbocycles. The molecule has 7 heteroatoms. The molecule has 4 rings (SSSR count). The number of benzene rings is 2. The maximum Gasteiger partial charge on any atom is 0.321 e. The van der Waals surface area contributed by atoms with Crippen LogP contribution in [0.2, 0.25) is 0 Å². The number of rotatable bonds is 3. The third-order valence-electron chi connectivity index (χ3n) is 5.29. The molecule has 1 saturated heterocycles. The van der Waals surface area contributed by atoms with Crippen LogP contribution in [-0.4, -0.2) is 49.2 Å². The number of pyridine rings is 1. The van der Waals surface area contributed by atoms with E-state index in [0.717, 1.165) is 27.9 Å². The van der Waals surface area contributed by atoms with Crippen molar-refractivity contribution in [2.45, 2.75) is 6.92 Å². The van der Waals surface area contributed by atoms with Crippen LogP contribution < -0.4 is 15.0 Å². The van der Waals surface area contributed by atoms with Gasteiger partial charge in [0.05, 0.1) is 18.2 Å². The summed E-state index contributed by atoms with van der Waals surface area (Å²) in [4.78, 5) is 21.2. The number of aryl methyl sites for hydroxylation is 1. The predicted molar refractivity (Wildman–Crippen MR) is 117 cm³/mol. The lowest BCUT2D eigenvalue weighted by Crippen LogP contribution is -2.50. The summed E-state index contributed by atoms with van der Waals surface area (Å²) in [5, 5.41) is 13.5. The molecule has 30 heavy (non-hydrogen) atoms. The van der Waals surface area contributed by atoms with Gasteiger partial charge in [0.1, 0.15) is 17.6 Å². The van der Waals surface area contributed by atoms with E-state index in [0.29, 0.717) is 37.6 Å². The largest absolute Gasteiger partial charge is 0.497 e. The van der Waals surface area contributed by atoms with Gasteiger partial charge in [0, 0.05) is 43.3 Å². The first kappa shape index (κ1) is 19.5. The molecule has 0 unspecified atom stereocenters. The fourth-order valence-corrected chi connectivity index (χ4v) is 3.55. The fourth-order valence-electron chi connectivity index (χ4n) is 3.55. The van der Waals surface area contributed by atoms with E-state index in [9.17, 15) is 10.1 Å². The van der Waals surface area contributed by atoms with E-state index in [1.165, 1.54) is 0 Å². The molecular formula is C23H23N5O2. The number of anilines is 2. The second-order valence-corrected chi connectivity index (χ2v) is 7.30. The number of carbonyl (C=O) groups is 1. The van der Waals surface area contributed by atoms with Crippen molar-refractivity contribution in [1.82, 2.24) is 9.88 Å². The van der Waals surface area contributed by atoms with Crippen molar-refractivity contribution in [3.63, 3.8) is 0 Å². The number of ether oxygens (including phenoxy) is 1. The average molecular weight is 401 g/mol. The minimum Gasteiger partial charge on any atom is -0.497 e. The number of urea groups is 1. The maximum absolute atomic E-state index is 12.6. The SMILES string of the molecule is COc1ccc2cc(C#N)c(N3CCN(C(=O)Nc4ccc(C)cc4)CC3)nc2c1. The lowest BCUT2D eigenvalue weighted by atomic mass is 10.1. The summed E-state index contributed by atoms with van der Waals surface area (Å²) in [6.07, 6.45) is 0. The highest BCUT2D eigenvalue weighted by atomic mass is 16.5. The highest BCUT2D eigenvalue weighted by Crippen LogP contribution is 2.27. The van der Waals surface area contributed by atoms with Crippen LogP contribution in [0, 0.1) is 18.3 Å². The molecule has 2 aromatic carbocycles. The monoisotopic (exact) mass is 401 g/mol. The van der Waals surface area contributed by atoms with E-state index in [4.69, 9.17) is 9.72 Å². The summed E-state index contributed by atoms with van der Waals surface area (Å²) < 4.78 is 5.29. The molecule has 1 aliphatic heterocycles. The normalized spacial score (nSPS) is 13.8. The Bertz CT molecular complexity index is 1110. The number of carbonyl (C=O) groups excluding carboxylic acids is 1. The Morgan fingerprint density at radius 3 is 2.50 bits per heavy atom. The van der Waals surface area contributed by atoms with Crippen LogP contribution in [0.15, 0.2) is 48.5 Å². The molecule has 0 bridgehead atoms. The first-order chi connectivity index (χ1) is 14.6. The smallest absolute Gasteiger partial charge is 0.321 e. The summed E-state index contributed by atoms with van der Waals surface area (Å²) in [5.41, 5.74) is 3.24. The number of nitrogens with zero attached hydrogens (tertiary/aromatic N) is 4. The molecule has 0 spiro atoms.